The van der Waals surface area contributed by atoms with Crippen molar-refractivity contribution >= 4 is 23.2 Å². The van der Waals surface area contributed by atoms with Crippen molar-refractivity contribution in [3.63, 3.8) is 0 Å². The summed E-state index contributed by atoms with van der Waals surface area (Å²) in [5.41, 5.74) is 0.449. The zero-order chi connectivity index (χ0) is 12.4. The summed E-state index contributed by atoms with van der Waals surface area (Å²) >= 11 is 5.61. The van der Waals surface area contributed by atoms with Crippen molar-refractivity contribution in [3.8, 4) is 0 Å². The van der Waals surface area contributed by atoms with Gasteiger partial charge in [-0.15, -0.1) is 0 Å². The van der Waals surface area contributed by atoms with Crippen LogP contribution >= 0.6 is 11.6 Å². The van der Waals surface area contributed by atoms with E-state index in [4.69, 9.17) is 11.6 Å². The summed E-state index contributed by atoms with van der Waals surface area (Å²) in [5.74, 6) is -0.992. The van der Waals surface area contributed by atoms with Crippen LogP contribution in [0, 0.1) is 5.82 Å². The number of nitrogens with one attached hydrogen (secondary N) is 1. The van der Waals surface area contributed by atoms with Gasteiger partial charge in [0.2, 0.25) is 0 Å². The largest absolute Gasteiger partial charge is 0.319 e. The quantitative estimate of drug-likeness (QED) is 0.894. The normalized spacial score (nSPS) is 10.3. The molecule has 1 aromatic heterocycles. The molecule has 1 heterocycles. The Morgan fingerprint density at radius 3 is 2.88 bits per heavy atom. The van der Waals surface area contributed by atoms with Crippen LogP contribution in [-0.2, 0) is 7.05 Å². The van der Waals surface area contributed by atoms with Gasteiger partial charge in [0.05, 0.1) is 17.4 Å². The first kappa shape index (κ1) is 11.6. The Bertz CT molecular complexity index is 568. The molecule has 88 valence electrons. The lowest BCUT2D eigenvalue weighted by molar-refractivity contribution is 0.102. The first-order valence-corrected chi connectivity index (χ1v) is 5.19. The van der Waals surface area contributed by atoms with Gasteiger partial charge in [0, 0.05) is 18.3 Å². The van der Waals surface area contributed by atoms with Gasteiger partial charge in [0.1, 0.15) is 5.82 Å². The van der Waals surface area contributed by atoms with Crippen molar-refractivity contribution in [1.29, 1.82) is 0 Å². The molecule has 2 aromatic rings. The molecule has 2 rings (SSSR count). The van der Waals surface area contributed by atoms with Crippen LogP contribution in [0.25, 0.3) is 0 Å². The summed E-state index contributed by atoms with van der Waals surface area (Å²) in [5, 5.41) is 6.58. The highest BCUT2D eigenvalue weighted by Gasteiger charge is 2.10. The first-order chi connectivity index (χ1) is 8.06. The molecule has 0 bridgehead atoms. The number of hydrogen-bond acceptors (Lipinski definition) is 2. The molecular formula is C11H9ClFN3O. The highest BCUT2D eigenvalue weighted by molar-refractivity contribution is 6.30. The molecule has 1 N–H and O–H groups in total. The van der Waals surface area contributed by atoms with E-state index in [1.54, 1.807) is 13.2 Å². The smallest absolute Gasteiger partial charge is 0.258 e. The van der Waals surface area contributed by atoms with E-state index in [1.165, 1.54) is 23.0 Å². The fraction of sp³-hybridized carbons (Fsp3) is 0.0909. The number of aromatic nitrogens is 2. The minimum absolute atomic E-state index is 0.0863. The second kappa shape index (κ2) is 4.55. The van der Waals surface area contributed by atoms with E-state index in [9.17, 15) is 9.18 Å². The van der Waals surface area contributed by atoms with Gasteiger partial charge in [0.25, 0.3) is 5.91 Å². The van der Waals surface area contributed by atoms with Gasteiger partial charge in [-0.3, -0.25) is 9.48 Å². The van der Waals surface area contributed by atoms with Crippen LogP contribution in [0.3, 0.4) is 0 Å². The van der Waals surface area contributed by atoms with Crippen LogP contribution in [0.4, 0.5) is 10.1 Å². The van der Waals surface area contributed by atoms with Crippen molar-refractivity contribution in [2.45, 2.75) is 0 Å². The number of carbonyl (C=O) groups excluding carboxylic acids is 1. The third kappa shape index (κ3) is 2.62. The number of hydrogen-bond donors (Lipinski definition) is 1. The molecule has 0 saturated carbocycles. The molecule has 0 aliphatic heterocycles. The van der Waals surface area contributed by atoms with Crippen LogP contribution < -0.4 is 5.32 Å². The number of nitrogens with zero attached hydrogens (tertiary/aromatic N) is 2. The molecule has 0 unspecified atom stereocenters. The van der Waals surface area contributed by atoms with Crippen molar-refractivity contribution in [3.05, 3.63) is 47.0 Å². The third-order valence-corrected chi connectivity index (χ3v) is 2.38. The van der Waals surface area contributed by atoms with Gasteiger partial charge in [-0.25, -0.2) is 4.39 Å². The fourth-order valence-electron chi connectivity index (χ4n) is 1.32. The number of amides is 1. The first-order valence-electron chi connectivity index (χ1n) is 4.81. The number of anilines is 1. The standard InChI is InChI=1S/C11H9ClFN3O/c1-16-6-7(5-14-16)11(17)15-10-3-2-8(12)4-9(10)13/h2-6H,1H3,(H,15,17). The van der Waals surface area contributed by atoms with Crippen LogP contribution in [-0.4, -0.2) is 15.7 Å². The molecule has 0 aliphatic carbocycles. The molecule has 0 saturated heterocycles. The maximum Gasteiger partial charge on any atom is 0.258 e. The molecule has 4 nitrogen and oxygen atoms in total. The Hall–Kier alpha value is -1.88. The molecule has 0 spiro atoms. The molecule has 1 aromatic carbocycles. The van der Waals surface area contributed by atoms with E-state index in [2.05, 4.69) is 10.4 Å². The predicted octanol–water partition coefficient (Wildman–Crippen LogP) is 2.46. The van der Waals surface area contributed by atoms with Crippen LogP contribution in [0.5, 0.6) is 0 Å². The Labute approximate surface area is 102 Å². The summed E-state index contributed by atoms with van der Waals surface area (Å²) in [4.78, 5) is 11.7. The molecule has 0 atom stereocenters. The maximum absolute atomic E-state index is 13.4. The molecule has 17 heavy (non-hydrogen) atoms. The van der Waals surface area contributed by atoms with E-state index in [-0.39, 0.29) is 10.7 Å². The van der Waals surface area contributed by atoms with Gasteiger partial charge in [0.15, 0.2) is 0 Å². The number of benzene rings is 1. The highest BCUT2D eigenvalue weighted by atomic mass is 35.5. The van der Waals surface area contributed by atoms with Crippen LogP contribution in [0.2, 0.25) is 5.02 Å². The number of rotatable bonds is 2. The Balaban J connectivity index is 2.18. The molecule has 1 amide bonds. The van der Waals surface area contributed by atoms with Crippen molar-refractivity contribution in [2.24, 2.45) is 7.05 Å². The monoisotopic (exact) mass is 253 g/mol. The third-order valence-electron chi connectivity index (χ3n) is 2.15. The zero-order valence-corrected chi connectivity index (χ0v) is 9.70. The topological polar surface area (TPSA) is 46.9 Å². The zero-order valence-electron chi connectivity index (χ0n) is 8.95. The Kier molecular flexibility index (Phi) is 3.10. The molecule has 6 heteroatoms. The molecule has 0 aliphatic rings. The Morgan fingerprint density at radius 1 is 1.53 bits per heavy atom. The summed E-state index contributed by atoms with van der Waals surface area (Å²) in [6, 6.07) is 4.05. The van der Waals surface area contributed by atoms with Crippen molar-refractivity contribution in [1.82, 2.24) is 9.78 Å². The molecule has 0 radical (unpaired) electrons. The van der Waals surface area contributed by atoms with Crippen molar-refractivity contribution in [2.75, 3.05) is 5.32 Å². The van der Waals surface area contributed by atoms with E-state index in [0.29, 0.717) is 5.56 Å². The second-order valence-electron chi connectivity index (χ2n) is 3.48. The lowest BCUT2D eigenvalue weighted by Crippen LogP contribution is -2.12. The average Bonchev–Trinajstić information content (AvgIpc) is 2.69. The summed E-state index contributed by atoms with van der Waals surface area (Å²) < 4.78 is 14.9. The minimum atomic E-state index is -0.574. The minimum Gasteiger partial charge on any atom is -0.319 e. The number of aryl methyl sites for hydroxylation is 1. The number of carbonyl (C=O) groups is 1. The average molecular weight is 254 g/mol. The van der Waals surface area contributed by atoms with E-state index in [1.807, 2.05) is 0 Å². The maximum atomic E-state index is 13.4. The molecular weight excluding hydrogens is 245 g/mol. The Morgan fingerprint density at radius 2 is 2.29 bits per heavy atom. The number of halogens is 2. The van der Waals surface area contributed by atoms with Gasteiger partial charge in [-0.1, -0.05) is 11.6 Å². The van der Waals surface area contributed by atoms with E-state index in [0.717, 1.165) is 6.07 Å². The van der Waals surface area contributed by atoms with Gasteiger partial charge >= 0.3 is 0 Å². The van der Waals surface area contributed by atoms with Crippen LogP contribution in [0.1, 0.15) is 10.4 Å². The SMILES string of the molecule is Cn1cc(C(=O)Nc2ccc(Cl)cc2F)cn1. The fourth-order valence-corrected chi connectivity index (χ4v) is 1.48. The summed E-state index contributed by atoms with van der Waals surface area (Å²) in [7, 11) is 1.69. The summed E-state index contributed by atoms with van der Waals surface area (Å²) in [6.07, 6.45) is 2.95. The lowest BCUT2D eigenvalue weighted by Gasteiger charge is -2.04. The van der Waals surface area contributed by atoms with E-state index < -0.39 is 11.7 Å². The van der Waals surface area contributed by atoms with Crippen LogP contribution in [0.15, 0.2) is 30.6 Å². The summed E-state index contributed by atoms with van der Waals surface area (Å²) in [6.45, 7) is 0. The van der Waals surface area contributed by atoms with Crippen molar-refractivity contribution < 1.29 is 9.18 Å². The second-order valence-corrected chi connectivity index (χ2v) is 3.92. The van der Waals surface area contributed by atoms with Gasteiger partial charge < -0.3 is 5.32 Å². The highest BCUT2D eigenvalue weighted by Crippen LogP contribution is 2.19. The van der Waals surface area contributed by atoms with E-state index >= 15 is 0 Å². The molecule has 0 fully saturated rings. The predicted molar refractivity (Wildman–Crippen MR) is 62.6 cm³/mol. The lowest BCUT2D eigenvalue weighted by atomic mass is 10.2. The van der Waals surface area contributed by atoms with Gasteiger partial charge in [-0.05, 0) is 18.2 Å². The van der Waals surface area contributed by atoms with Gasteiger partial charge in [-0.2, -0.15) is 5.10 Å².